The number of nitrogens with zero attached hydrogens (tertiary/aromatic N) is 2. The molecule has 3 aromatic rings. The van der Waals surface area contributed by atoms with E-state index < -0.39 is 6.04 Å². The van der Waals surface area contributed by atoms with Crippen LogP contribution in [0.3, 0.4) is 0 Å². The van der Waals surface area contributed by atoms with Crippen LogP contribution in [0.15, 0.2) is 41.1 Å². The SMILES string of the molecule is C[C@H](NC(=O)c1cc(Cl)c[nH]1)c1nc(-c2ccc(F)cc2)no1. The molecule has 0 spiro atoms. The minimum atomic E-state index is -0.494. The van der Waals surface area contributed by atoms with Gasteiger partial charge in [0.1, 0.15) is 17.6 Å². The Labute approximate surface area is 135 Å². The van der Waals surface area contributed by atoms with E-state index >= 15 is 0 Å². The van der Waals surface area contributed by atoms with Crippen LogP contribution in [0.25, 0.3) is 11.4 Å². The molecule has 2 N–H and O–H groups in total. The Hall–Kier alpha value is -2.67. The molecule has 2 aromatic heterocycles. The number of aromatic amines is 1. The molecule has 0 radical (unpaired) electrons. The van der Waals surface area contributed by atoms with Gasteiger partial charge in [-0.25, -0.2) is 4.39 Å². The number of amides is 1. The summed E-state index contributed by atoms with van der Waals surface area (Å²) < 4.78 is 18.1. The van der Waals surface area contributed by atoms with Gasteiger partial charge in [0.2, 0.25) is 11.7 Å². The van der Waals surface area contributed by atoms with E-state index in [1.807, 2.05) is 0 Å². The van der Waals surface area contributed by atoms with Crippen LogP contribution in [-0.2, 0) is 0 Å². The Morgan fingerprint density at radius 2 is 2.13 bits per heavy atom. The van der Waals surface area contributed by atoms with Crippen molar-refractivity contribution in [1.29, 1.82) is 0 Å². The van der Waals surface area contributed by atoms with Gasteiger partial charge >= 0.3 is 0 Å². The molecule has 0 saturated heterocycles. The molecule has 3 rings (SSSR count). The number of carbonyl (C=O) groups excluding carboxylic acids is 1. The molecular formula is C15H12ClFN4O2. The average Bonchev–Trinajstić information content (AvgIpc) is 3.17. The smallest absolute Gasteiger partial charge is 0.268 e. The molecular weight excluding hydrogens is 323 g/mol. The van der Waals surface area contributed by atoms with Crippen LogP contribution in [0.5, 0.6) is 0 Å². The van der Waals surface area contributed by atoms with Crippen molar-refractivity contribution in [2.75, 3.05) is 0 Å². The second-order valence-corrected chi connectivity index (χ2v) is 5.33. The number of carbonyl (C=O) groups is 1. The lowest BCUT2D eigenvalue weighted by Crippen LogP contribution is -2.27. The first-order chi connectivity index (χ1) is 11.0. The molecule has 1 aromatic carbocycles. The van der Waals surface area contributed by atoms with E-state index in [-0.39, 0.29) is 17.6 Å². The molecule has 0 aliphatic heterocycles. The third-order valence-corrected chi connectivity index (χ3v) is 3.37. The fraction of sp³-hybridized carbons (Fsp3) is 0.133. The van der Waals surface area contributed by atoms with E-state index in [4.69, 9.17) is 16.1 Å². The summed E-state index contributed by atoms with van der Waals surface area (Å²) >= 11 is 5.76. The van der Waals surface area contributed by atoms with Crippen LogP contribution < -0.4 is 5.32 Å². The summed E-state index contributed by atoms with van der Waals surface area (Å²) in [5, 5.41) is 6.99. The molecule has 23 heavy (non-hydrogen) atoms. The van der Waals surface area contributed by atoms with Crippen molar-refractivity contribution < 1.29 is 13.7 Å². The van der Waals surface area contributed by atoms with E-state index in [9.17, 15) is 9.18 Å². The van der Waals surface area contributed by atoms with Crippen molar-refractivity contribution in [3.63, 3.8) is 0 Å². The van der Waals surface area contributed by atoms with Gasteiger partial charge in [-0.05, 0) is 37.3 Å². The van der Waals surface area contributed by atoms with Crippen molar-refractivity contribution in [2.45, 2.75) is 13.0 Å². The number of H-pyrrole nitrogens is 1. The third-order valence-electron chi connectivity index (χ3n) is 3.15. The summed E-state index contributed by atoms with van der Waals surface area (Å²) in [5.41, 5.74) is 0.955. The zero-order valence-electron chi connectivity index (χ0n) is 12.0. The molecule has 118 valence electrons. The van der Waals surface area contributed by atoms with Gasteiger partial charge in [-0.3, -0.25) is 4.79 Å². The van der Waals surface area contributed by atoms with Gasteiger partial charge in [-0.15, -0.1) is 0 Å². The van der Waals surface area contributed by atoms with Gasteiger partial charge in [0.05, 0.1) is 5.02 Å². The molecule has 0 fully saturated rings. The zero-order chi connectivity index (χ0) is 16.4. The third kappa shape index (κ3) is 3.40. The monoisotopic (exact) mass is 334 g/mol. The molecule has 0 unspecified atom stereocenters. The Kier molecular flexibility index (Phi) is 4.12. The molecule has 2 heterocycles. The standard InChI is InChI=1S/C15H12ClFN4O2/c1-8(19-14(22)12-6-10(16)7-18-12)15-20-13(21-23-15)9-2-4-11(17)5-3-9/h2-8,18H,1H3,(H,19,22)/t8-/m0/s1. The molecule has 0 saturated carbocycles. The zero-order valence-corrected chi connectivity index (χ0v) is 12.8. The highest BCUT2D eigenvalue weighted by Gasteiger charge is 2.19. The average molecular weight is 335 g/mol. The van der Waals surface area contributed by atoms with E-state index in [2.05, 4.69) is 20.4 Å². The molecule has 0 bridgehead atoms. The normalized spacial score (nSPS) is 12.1. The van der Waals surface area contributed by atoms with E-state index in [0.717, 1.165) is 0 Å². The molecule has 8 heteroatoms. The second kappa shape index (κ2) is 6.21. The highest BCUT2D eigenvalue weighted by molar-refractivity contribution is 6.30. The van der Waals surface area contributed by atoms with Crippen LogP contribution in [0, 0.1) is 5.82 Å². The van der Waals surface area contributed by atoms with Gasteiger partial charge in [0.15, 0.2) is 0 Å². The summed E-state index contributed by atoms with van der Waals surface area (Å²) in [6, 6.07) is 6.74. The lowest BCUT2D eigenvalue weighted by molar-refractivity contribution is 0.0928. The molecule has 1 amide bonds. The van der Waals surface area contributed by atoms with E-state index in [1.165, 1.54) is 24.4 Å². The first kappa shape index (κ1) is 15.2. The Morgan fingerprint density at radius 1 is 1.39 bits per heavy atom. The number of nitrogens with one attached hydrogen (secondary N) is 2. The number of rotatable bonds is 4. The van der Waals surface area contributed by atoms with Gasteiger partial charge < -0.3 is 14.8 Å². The fourth-order valence-corrected chi connectivity index (χ4v) is 2.13. The van der Waals surface area contributed by atoms with Crippen molar-refractivity contribution in [3.05, 3.63) is 59.0 Å². The second-order valence-electron chi connectivity index (χ2n) is 4.89. The molecule has 6 nitrogen and oxygen atoms in total. The number of hydrogen-bond donors (Lipinski definition) is 2. The fourth-order valence-electron chi connectivity index (χ4n) is 1.96. The topological polar surface area (TPSA) is 83.8 Å². The largest absolute Gasteiger partial charge is 0.356 e. The number of halogens is 2. The van der Waals surface area contributed by atoms with Gasteiger partial charge in [0, 0.05) is 11.8 Å². The number of aromatic nitrogens is 3. The van der Waals surface area contributed by atoms with E-state index in [0.29, 0.717) is 22.1 Å². The van der Waals surface area contributed by atoms with Crippen LogP contribution in [0.1, 0.15) is 29.3 Å². The van der Waals surface area contributed by atoms with Crippen LogP contribution in [-0.4, -0.2) is 21.0 Å². The summed E-state index contributed by atoms with van der Waals surface area (Å²) in [6.07, 6.45) is 1.51. The quantitative estimate of drug-likeness (QED) is 0.766. The Balaban J connectivity index is 1.72. The highest BCUT2D eigenvalue weighted by atomic mass is 35.5. The maximum Gasteiger partial charge on any atom is 0.268 e. The van der Waals surface area contributed by atoms with E-state index in [1.54, 1.807) is 19.1 Å². The minimum Gasteiger partial charge on any atom is -0.356 e. The maximum atomic E-state index is 12.9. The Bertz CT molecular complexity index is 828. The molecule has 0 aliphatic carbocycles. The van der Waals surface area contributed by atoms with Crippen molar-refractivity contribution in [1.82, 2.24) is 20.4 Å². The molecule has 1 atom stereocenters. The number of benzene rings is 1. The van der Waals surface area contributed by atoms with Gasteiger partial charge in [-0.2, -0.15) is 4.98 Å². The lowest BCUT2D eigenvalue weighted by atomic mass is 10.2. The summed E-state index contributed by atoms with van der Waals surface area (Å²) in [4.78, 5) is 19.0. The maximum absolute atomic E-state index is 12.9. The lowest BCUT2D eigenvalue weighted by Gasteiger charge is -2.08. The first-order valence-electron chi connectivity index (χ1n) is 6.77. The molecule has 0 aliphatic rings. The Morgan fingerprint density at radius 3 is 2.78 bits per heavy atom. The van der Waals surface area contributed by atoms with Crippen LogP contribution in [0.4, 0.5) is 4.39 Å². The number of hydrogen-bond acceptors (Lipinski definition) is 4. The van der Waals surface area contributed by atoms with Crippen LogP contribution in [0.2, 0.25) is 5.02 Å². The van der Waals surface area contributed by atoms with Gasteiger partial charge in [0.25, 0.3) is 5.91 Å². The van der Waals surface area contributed by atoms with Crippen molar-refractivity contribution in [3.8, 4) is 11.4 Å². The van der Waals surface area contributed by atoms with Crippen molar-refractivity contribution in [2.24, 2.45) is 0 Å². The summed E-state index contributed by atoms with van der Waals surface area (Å²) in [7, 11) is 0. The predicted octanol–water partition coefficient (Wildman–Crippen LogP) is 3.35. The predicted molar refractivity (Wildman–Crippen MR) is 81.4 cm³/mol. The minimum absolute atomic E-state index is 0.246. The van der Waals surface area contributed by atoms with Gasteiger partial charge in [-0.1, -0.05) is 16.8 Å². The summed E-state index contributed by atoms with van der Waals surface area (Å²) in [5.74, 6) is -0.118. The summed E-state index contributed by atoms with van der Waals surface area (Å²) in [6.45, 7) is 1.71. The highest BCUT2D eigenvalue weighted by Crippen LogP contribution is 2.19. The van der Waals surface area contributed by atoms with Crippen LogP contribution >= 0.6 is 11.6 Å². The first-order valence-corrected chi connectivity index (χ1v) is 7.15. The van der Waals surface area contributed by atoms with Crippen molar-refractivity contribution >= 4 is 17.5 Å².